The molecule has 2 atom stereocenters. The summed E-state index contributed by atoms with van der Waals surface area (Å²) >= 11 is 6.85. The van der Waals surface area contributed by atoms with Crippen LogP contribution in [0.4, 0.5) is 0 Å². The van der Waals surface area contributed by atoms with Crippen LogP contribution in [0.5, 0.6) is 0 Å². The number of nitrogens with one attached hydrogen (secondary N) is 1. The van der Waals surface area contributed by atoms with E-state index >= 15 is 0 Å². The monoisotopic (exact) mass is 718 g/mol. The maximum atomic E-state index is 11.8. The fourth-order valence-electron chi connectivity index (χ4n) is 5.20. The molecule has 0 radical (unpaired) electrons. The first kappa shape index (κ1) is 34.1. The number of hydrazine groups is 2. The van der Waals surface area contributed by atoms with Gasteiger partial charge in [-0.1, -0.05) is 56.1 Å². The molecule has 230 valence electrons. The van der Waals surface area contributed by atoms with E-state index < -0.39 is 0 Å². The zero-order chi connectivity index (χ0) is 30.2. The van der Waals surface area contributed by atoms with Gasteiger partial charge in [0.25, 0.3) is 0 Å². The highest BCUT2D eigenvalue weighted by molar-refractivity contribution is 9.10. The number of amides is 1. The number of aromatic nitrogens is 4. The lowest BCUT2D eigenvalue weighted by atomic mass is 9.98. The van der Waals surface area contributed by atoms with Crippen molar-refractivity contribution in [3.05, 3.63) is 81.5 Å². The van der Waals surface area contributed by atoms with Gasteiger partial charge in [-0.3, -0.25) is 26.7 Å². The number of hydrogen-bond donors (Lipinski definition) is 4. The lowest BCUT2D eigenvalue weighted by molar-refractivity contribution is -0.143. The van der Waals surface area contributed by atoms with Crippen molar-refractivity contribution in [3.8, 4) is 22.5 Å². The minimum atomic E-state index is -0.252. The second kappa shape index (κ2) is 15.9. The van der Waals surface area contributed by atoms with E-state index in [2.05, 4.69) is 68.1 Å². The van der Waals surface area contributed by atoms with Gasteiger partial charge in [-0.15, -0.1) is 0 Å². The highest BCUT2D eigenvalue weighted by Gasteiger charge is 2.30. The molecule has 4 heterocycles. The van der Waals surface area contributed by atoms with Crippen molar-refractivity contribution < 1.29 is 19.8 Å². The predicted molar refractivity (Wildman–Crippen MR) is 171 cm³/mol. The molecule has 0 fully saturated rings. The van der Waals surface area contributed by atoms with Crippen LogP contribution >= 0.6 is 31.9 Å². The molecule has 2 aromatic heterocycles. The fraction of sp³-hybridized carbons (Fsp3) is 0.310. The zero-order valence-corrected chi connectivity index (χ0v) is 26.8. The number of hydrogen-bond acceptors (Lipinski definition) is 8. The van der Waals surface area contributed by atoms with Crippen molar-refractivity contribution in [2.75, 3.05) is 7.11 Å². The molecule has 0 saturated heterocycles. The number of aryl methyl sites for hydroxylation is 2. The number of ether oxygens (including phenoxy) is 1. The first-order valence-corrected chi connectivity index (χ1v) is 15.0. The van der Waals surface area contributed by atoms with Gasteiger partial charge in [-0.2, -0.15) is 0 Å². The van der Waals surface area contributed by atoms with E-state index in [1.165, 1.54) is 7.11 Å². The summed E-state index contributed by atoms with van der Waals surface area (Å²) in [4.78, 5) is 32.9. The molecule has 2 unspecified atom stereocenters. The third-order valence-electron chi connectivity index (χ3n) is 7.25. The lowest BCUT2D eigenvalue weighted by Gasteiger charge is -2.21. The van der Waals surface area contributed by atoms with Gasteiger partial charge in [-0.05, 0) is 49.9 Å². The first-order valence-electron chi connectivity index (χ1n) is 13.5. The summed E-state index contributed by atoms with van der Waals surface area (Å²) < 4.78 is 11.1. The molecule has 43 heavy (non-hydrogen) atoms. The van der Waals surface area contributed by atoms with Crippen LogP contribution in [0.15, 0.2) is 69.9 Å². The van der Waals surface area contributed by atoms with Gasteiger partial charge in [0.1, 0.15) is 17.6 Å². The third kappa shape index (κ3) is 7.96. The number of fused-ring (bicyclic) bond motifs is 2. The lowest BCUT2D eigenvalue weighted by Crippen LogP contribution is -2.37. The minimum Gasteiger partial charge on any atom is -0.468 e. The molecule has 4 aromatic rings. The summed E-state index contributed by atoms with van der Waals surface area (Å²) in [5.41, 5.74) is 6.13. The smallest absolute Gasteiger partial charge is 0.316 e. The molecule has 0 spiro atoms. The molecule has 12 nitrogen and oxygen atoms in total. The zero-order valence-electron chi connectivity index (χ0n) is 23.7. The maximum Gasteiger partial charge on any atom is 0.316 e. The van der Waals surface area contributed by atoms with Crippen LogP contribution in [0, 0.1) is 0 Å². The summed E-state index contributed by atoms with van der Waals surface area (Å²) in [6.07, 6.45) is 7.57. The summed E-state index contributed by atoms with van der Waals surface area (Å²) in [6.45, 7) is 1.81. The number of nitrogens with zero attached hydrogens (tertiary/aromatic N) is 4. The Kier molecular flexibility index (Phi) is 12.6. The molecule has 14 heteroatoms. The van der Waals surface area contributed by atoms with Crippen LogP contribution in [0.1, 0.15) is 49.2 Å². The third-order valence-corrected chi connectivity index (χ3v) is 8.30. The Morgan fingerprint density at radius 1 is 0.814 bits per heavy atom. The molecular weight excluding hydrogens is 684 g/mol. The second-order valence-electron chi connectivity index (χ2n) is 9.79. The summed E-state index contributed by atoms with van der Waals surface area (Å²) in [5, 5.41) is 0. The van der Waals surface area contributed by atoms with Crippen LogP contribution in [0.3, 0.4) is 0 Å². The Bertz CT molecular complexity index is 1390. The van der Waals surface area contributed by atoms with E-state index in [4.69, 9.17) is 10.6 Å². The van der Waals surface area contributed by atoms with Gasteiger partial charge < -0.3 is 19.3 Å². The molecule has 0 saturated carbocycles. The Labute approximate surface area is 266 Å². The fourth-order valence-corrected chi connectivity index (χ4v) is 5.73. The highest BCUT2D eigenvalue weighted by atomic mass is 79.9. The summed E-state index contributed by atoms with van der Waals surface area (Å²) in [6, 6.07) is 16.0. The van der Waals surface area contributed by atoms with Crippen LogP contribution in [0.25, 0.3) is 22.5 Å². The van der Waals surface area contributed by atoms with Crippen LogP contribution in [0.2, 0.25) is 0 Å². The number of halogens is 2. The van der Waals surface area contributed by atoms with E-state index in [1.54, 1.807) is 0 Å². The van der Waals surface area contributed by atoms with Crippen molar-refractivity contribution in [2.24, 2.45) is 17.5 Å². The Morgan fingerprint density at radius 3 is 1.65 bits per heavy atom. The predicted octanol–water partition coefficient (Wildman–Crippen LogP) is 3.54. The topological polar surface area (TPSA) is 201 Å². The number of methoxy groups -OCH3 is 1. The molecule has 2 aliphatic heterocycles. The van der Waals surface area contributed by atoms with Crippen molar-refractivity contribution >= 4 is 43.7 Å². The number of rotatable bonds is 4. The van der Waals surface area contributed by atoms with E-state index in [0.717, 1.165) is 81.9 Å². The molecule has 1 amide bonds. The van der Waals surface area contributed by atoms with E-state index in [1.807, 2.05) is 60.9 Å². The van der Waals surface area contributed by atoms with Gasteiger partial charge >= 0.3 is 5.97 Å². The van der Waals surface area contributed by atoms with Crippen molar-refractivity contribution in [3.63, 3.8) is 0 Å². The molecule has 0 aliphatic carbocycles. The first-order chi connectivity index (χ1) is 20.4. The molecule has 2 aliphatic rings. The largest absolute Gasteiger partial charge is 0.468 e. The molecule has 2 aromatic carbocycles. The number of esters is 1. The molecule has 0 bridgehead atoms. The maximum absolute atomic E-state index is 11.8. The van der Waals surface area contributed by atoms with Crippen molar-refractivity contribution in [1.82, 2.24) is 24.5 Å². The standard InChI is InChI=1S/C15H15BrN2O2.C14H15BrN4O.H4N2.H2O/c1-20-15(19)12-3-2-8-18-9-13(17-14(12)18)10-4-6-11(16)7-5-10;15-10-5-3-9(4-6-10)12-8-19-7-1-2-11(13(19)17-12)14(20)18-16;1-2;/h4-7,9,12H,2-3,8H2,1H3;3-6,8,11H,1-2,7,16H2,(H,18,20);1-2H2;1H2. The van der Waals surface area contributed by atoms with Crippen molar-refractivity contribution in [1.29, 1.82) is 0 Å². The quantitative estimate of drug-likeness (QED) is 0.106. The number of imidazole rings is 2. The Hall–Kier alpha value is -3.40. The number of nitrogens with two attached hydrogens (primary N) is 3. The van der Waals surface area contributed by atoms with Gasteiger partial charge in [0.15, 0.2) is 0 Å². The van der Waals surface area contributed by atoms with Crippen LogP contribution in [-0.4, -0.2) is 43.6 Å². The average Bonchev–Trinajstić information content (AvgIpc) is 3.67. The van der Waals surface area contributed by atoms with Gasteiger partial charge in [0.2, 0.25) is 5.91 Å². The number of benzene rings is 2. The Morgan fingerprint density at radius 2 is 1.23 bits per heavy atom. The summed E-state index contributed by atoms with van der Waals surface area (Å²) in [7, 11) is 1.43. The van der Waals surface area contributed by atoms with Crippen LogP contribution < -0.4 is 23.0 Å². The number of carbonyl (C=O) groups excluding carboxylic acids is 2. The van der Waals surface area contributed by atoms with Gasteiger partial charge in [0, 0.05) is 45.6 Å². The normalized spacial score (nSPS) is 16.5. The minimum absolute atomic E-state index is 0. The number of carbonyl (C=O) groups is 2. The highest BCUT2D eigenvalue weighted by Crippen LogP contribution is 2.32. The van der Waals surface area contributed by atoms with Gasteiger partial charge in [0.05, 0.1) is 24.4 Å². The molecular formula is C29H36Br2N8O4. The molecule has 6 rings (SSSR count). The SMILES string of the molecule is COC(=O)C1CCCn2cc(-c3ccc(Br)cc3)nc21.NN.NNC(=O)C1CCCn2cc(-c3ccc(Br)cc3)nc21.O. The van der Waals surface area contributed by atoms with E-state index in [0.29, 0.717) is 0 Å². The van der Waals surface area contributed by atoms with Crippen molar-refractivity contribution in [2.45, 2.75) is 50.6 Å². The molecule has 9 N–H and O–H groups in total. The summed E-state index contributed by atoms with van der Waals surface area (Å²) in [5.74, 6) is 14.0. The Balaban J connectivity index is 0.000000218. The second-order valence-corrected chi connectivity index (χ2v) is 11.6. The average molecular weight is 720 g/mol. The van der Waals surface area contributed by atoms with Gasteiger partial charge in [-0.25, -0.2) is 15.8 Å². The van der Waals surface area contributed by atoms with E-state index in [9.17, 15) is 9.59 Å². The van der Waals surface area contributed by atoms with Crippen LogP contribution in [-0.2, 0) is 27.4 Å². The van der Waals surface area contributed by atoms with E-state index in [-0.39, 0.29) is 29.2 Å².